The van der Waals surface area contributed by atoms with Crippen molar-refractivity contribution in [2.24, 2.45) is 0 Å². The molecule has 1 aliphatic rings. The Morgan fingerprint density at radius 3 is 2.29 bits per heavy atom. The number of para-hydroxylation sites is 1. The largest absolute Gasteiger partial charge is 0.350 e. The van der Waals surface area contributed by atoms with Gasteiger partial charge in [0, 0.05) is 10.7 Å². The molecule has 1 heterocycles. The first kappa shape index (κ1) is 16.6. The Bertz CT molecular complexity index is 844. The van der Waals surface area contributed by atoms with Crippen molar-refractivity contribution >= 4 is 46.4 Å². The SMILES string of the molecule is CCc1ccccc1N1C(=O)C(Cl)=C(Nc2ccc(Cl)cc2)C1=O. The summed E-state index contributed by atoms with van der Waals surface area (Å²) in [5.74, 6) is -1.00. The Morgan fingerprint density at radius 2 is 1.62 bits per heavy atom. The van der Waals surface area contributed by atoms with E-state index in [1.54, 1.807) is 36.4 Å². The fourth-order valence-corrected chi connectivity index (χ4v) is 2.87. The van der Waals surface area contributed by atoms with Gasteiger partial charge in [0.1, 0.15) is 10.7 Å². The van der Waals surface area contributed by atoms with Crippen molar-refractivity contribution < 1.29 is 9.59 Å². The van der Waals surface area contributed by atoms with E-state index in [4.69, 9.17) is 23.2 Å². The summed E-state index contributed by atoms with van der Waals surface area (Å²) in [4.78, 5) is 26.3. The molecule has 0 radical (unpaired) electrons. The number of nitrogens with zero attached hydrogens (tertiary/aromatic N) is 1. The monoisotopic (exact) mass is 360 g/mol. The number of halogens is 2. The van der Waals surface area contributed by atoms with Crippen molar-refractivity contribution in [1.82, 2.24) is 0 Å². The maximum Gasteiger partial charge on any atom is 0.283 e. The molecule has 0 spiro atoms. The van der Waals surface area contributed by atoms with Gasteiger partial charge >= 0.3 is 0 Å². The third-order valence-corrected chi connectivity index (χ3v) is 4.36. The van der Waals surface area contributed by atoms with Crippen LogP contribution in [0.4, 0.5) is 11.4 Å². The molecule has 0 saturated heterocycles. The summed E-state index contributed by atoms with van der Waals surface area (Å²) in [6, 6.07) is 14.1. The minimum Gasteiger partial charge on any atom is -0.350 e. The van der Waals surface area contributed by atoms with E-state index >= 15 is 0 Å². The van der Waals surface area contributed by atoms with Gasteiger partial charge in [-0.3, -0.25) is 9.59 Å². The van der Waals surface area contributed by atoms with Crippen LogP contribution in [0.2, 0.25) is 5.02 Å². The van der Waals surface area contributed by atoms with Gasteiger partial charge in [-0.25, -0.2) is 4.90 Å². The fraction of sp³-hybridized carbons (Fsp3) is 0.111. The maximum absolute atomic E-state index is 12.7. The van der Waals surface area contributed by atoms with Crippen LogP contribution >= 0.6 is 23.2 Å². The lowest BCUT2D eigenvalue weighted by Gasteiger charge is -2.18. The number of anilines is 2. The van der Waals surface area contributed by atoms with Gasteiger partial charge in [-0.15, -0.1) is 0 Å². The van der Waals surface area contributed by atoms with Crippen molar-refractivity contribution in [1.29, 1.82) is 0 Å². The van der Waals surface area contributed by atoms with Crippen LogP contribution in [0.25, 0.3) is 0 Å². The molecule has 6 heteroatoms. The quantitative estimate of drug-likeness (QED) is 0.825. The number of benzene rings is 2. The summed E-state index contributed by atoms with van der Waals surface area (Å²) in [6.07, 6.45) is 0.699. The van der Waals surface area contributed by atoms with E-state index in [1.165, 1.54) is 0 Å². The van der Waals surface area contributed by atoms with E-state index in [0.717, 1.165) is 10.5 Å². The summed E-state index contributed by atoms with van der Waals surface area (Å²) >= 11 is 12.0. The van der Waals surface area contributed by atoms with E-state index in [-0.39, 0.29) is 10.7 Å². The zero-order valence-electron chi connectivity index (χ0n) is 12.8. The predicted octanol–water partition coefficient (Wildman–Crippen LogP) is 4.34. The zero-order chi connectivity index (χ0) is 17.3. The molecular formula is C18H14Cl2N2O2. The Morgan fingerprint density at radius 1 is 0.958 bits per heavy atom. The number of hydrogen-bond donors (Lipinski definition) is 1. The molecule has 3 rings (SSSR count). The van der Waals surface area contributed by atoms with Crippen LogP contribution in [0.3, 0.4) is 0 Å². The van der Waals surface area contributed by atoms with Gasteiger partial charge in [-0.1, -0.05) is 48.3 Å². The van der Waals surface area contributed by atoms with Gasteiger partial charge in [-0.2, -0.15) is 0 Å². The second kappa shape index (κ2) is 6.67. The summed E-state index contributed by atoms with van der Waals surface area (Å²) in [5.41, 5.74) is 2.15. The van der Waals surface area contributed by atoms with E-state index < -0.39 is 11.8 Å². The van der Waals surface area contributed by atoms with E-state index in [1.807, 2.05) is 19.1 Å². The van der Waals surface area contributed by atoms with Crippen molar-refractivity contribution in [2.45, 2.75) is 13.3 Å². The van der Waals surface area contributed by atoms with Crippen LogP contribution < -0.4 is 10.2 Å². The van der Waals surface area contributed by atoms with Crippen LogP contribution in [0, 0.1) is 0 Å². The smallest absolute Gasteiger partial charge is 0.283 e. The van der Waals surface area contributed by atoms with Gasteiger partial charge < -0.3 is 5.32 Å². The standard InChI is InChI=1S/C18H14Cl2N2O2/c1-2-11-5-3-4-6-14(11)22-17(23)15(20)16(18(22)24)21-13-9-7-12(19)8-10-13/h3-10,21H,2H2,1H3. The highest BCUT2D eigenvalue weighted by molar-refractivity contribution is 6.53. The summed E-state index contributed by atoms with van der Waals surface area (Å²) in [7, 11) is 0. The van der Waals surface area contributed by atoms with E-state index in [2.05, 4.69) is 5.32 Å². The molecule has 2 amide bonds. The van der Waals surface area contributed by atoms with Crippen LogP contribution in [-0.4, -0.2) is 11.8 Å². The third kappa shape index (κ3) is 2.90. The van der Waals surface area contributed by atoms with Crippen molar-refractivity contribution in [3.63, 3.8) is 0 Å². The molecule has 0 atom stereocenters. The summed E-state index contributed by atoms with van der Waals surface area (Å²) < 4.78 is 0. The van der Waals surface area contributed by atoms with Gasteiger partial charge in [0.25, 0.3) is 11.8 Å². The molecule has 1 aliphatic heterocycles. The van der Waals surface area contributed by atoms with Gasteiger partial charge in [0.15, 0.2) is 0 Å². The molecule has 24 heavy (non-hydrogen) atoms. The fourth-order valence-electron chi connectivity index (χ4n) is 2.54. The Hall–Kier alpha value is -2.30. The normalized spacial score (nSPS) is 14.5. The topological polar surface area (TPSA) is 49.4 Å². The molecule has 0 bridgehead atoms. The molecule has 122 valence electrons. The first-order valence-corrected chi connectivity index (χ1v) is 8.17. The predicted molar refractivity (Wildman–Crippen MR) is 96.3 cm³/mol. The lowest BCUT2D eigenvalue weighted by Crippen LogP contribution is -2.33. The van der Waals surface area contributed by atoms with Crippen molar-refractivity contribution in [3.05, 3.63) is 69.8 Å². The van der Waals surface area contributed by atoms with E-state index in [0.29, 0.717) is 22.8 Å². The number of carbonyl (C=O) groups is 2. The molecule has 2 aromatic carbocycles. The minimum absolute atomic E-state index is 0.0647. The molecular weight excluding hydrogens is 347 g/mol. The number of rotatable bonds is 4. The Balaban J connectivity index is 1.94. The average molecular weight is 361 g/mol. The highest BCUT2D eigenvalue weighted by Gasteiger charge is 2.39. The molecule has 0 saturated carbocycles. The first-order valence-electron chi connectivity index (χ1n) is 7.42. The molecule has 2 aromatic rings. The maximum atomic E-state index is 12.7. The van der Waals surface area contributed by atoms with Crippen molar-refractivity contribution in [2.75, 3.05) is 10.2 Å². The molecule has 0 aliphatic carbocycles. The number of nitrogens with one attached hydrogen (secondary N) is 1. The Kier molecular flexibility index (Phi) is 4.60. The number of carbonyl (C=O) groups excluding carboxylic acids is 2. The molecule has 0 fully saturated rings. The van der Waals surface area contributed by atoms with Crippen LogP contribution in [0.5, 0.6) is 0 Å². The molecule has 4 nitrogen and oxygen atoms in total. The number of hydrogen-bond acceptors (Lipinski definition) is 3. The van der Waals surface area contributed by atoms with Gasteiger partial charge in [0.2, 0.25) is 0 Å². The first-order chi connectivity index (χ1) is 11.5. The number of amides is 2. The van der Waals surface area contributed by atoms with Crippen LogP contribution in [0.1, 0.15) is 12.5 Å². The number of aryl methyl sites for hydroxylation is 1. The third-order valence-electron chi connectivity index (χ3n) is 3.75. The lowest BCUT2D eigenvalue weighted by molar-refractivity contribution is -0.120. The zero-order valence-corrected chi connectivity index (χ0v) is 14.4. The average Bonchev–Trinajstić information content (AvgIpc) is 2.80. The summed E-state index contributed by atoms with van der Waals surface area (Å²) in [6.45, 7) is 1.96. The minimum atomic E-state index is -0.529. The second-order valence-corrected chi connectivity index (χ2v) is 6.06. The highest BCUT2D eigenvalue weighted by Crippen LogP contribution is 2.32. The van der Waals surface area contributed by atoms with Crippen molar-refractivity contribution in [3.8, 4) is 0 Å². The van der Waals surface area contributed by atoms with Crippen LogP contribution in [0.15, 0.2) is 59.3 Å². The lowest BCUT2D eigenvalue weighted by atomic mass is 10.1. The molecule has 0 aromatic heterocycles. The molecule has 1 N–H and O–H groups in total. The van der Waals surface area contributed by atoms with Gasteiger partial charge in [0.05, 0.1) is 5.69 Å². The van der Waals surface area contributed by atoms with Gasteiger partial charge in [-0.05, 0) is 42.3 Å². The molecule has 0 unspecified atom stereocenters. The second-order valence-electron chi connectivity index (χ2n) is 5.25. The number of imide groups is 1. The summed E-state index contributed by atoms with van der Waals surface area (Å²) in [5, 5.41) is 3.36. The Labute approximate surface area is 149 Å². The van der Waals surface area contributed by atoms with E-state index in [9.17, 15) is 9.59 Å². The highest BCUT2D eigenvalue weighted by atomic mass is 35.5. The van der Waals surface area contributed by atoms with Crippen LogP contribution in [-0.2, 0) is 16.0 Å².